The Balaban J connectivity index is 1.66. The second-order valence-electron chi connectivity index (χ2n) is 3.88. The molecular weight excluding hydrogens is 154 g/mol. The molecule has 12 heavy (non-hydrogen) atoms. The minimum absolute atomic E-state index is 0.369. The molecule has 0 aromatic carbocycles. The summed E-state index contributed by atoms with van der Waals surface area (Å²) in [6, 6.07) is 0. The van der Waals surface area contributed by atoms with Gasteiger partial charge in [-0.05, 0) is 31.8 Å². The molecule has 0 aromatic rings. The number of epoxide rings is 1. The average Bonchev–Trinajstić information content (AvgIpc) is 2.90. The summed E-state index contributed by atoms with van der Waals surface area (Å²) in [6.45, 7) is 4.72. The average molecular weight is 171 g/mol. The summed E-state index contributed by atoms with van der Waals surface area (Å²) >= 11 is 0. The normalized spacial score (nSPS) is 32.2. The van der Waals surface area contributed by atoms with E-state index in [-0.39, 0.29) is 0 Å². The highest BCUT2D eigenvalue weighted by Gasteiger charge is 2.27. The lowest BCUT2D eigenvalue weighted by Crippen LogP contribution is -2.37. The van der Waals surface area contributed by atoms with Crippen LogP contribution in [-0.4, -0.2) is 49.0 Å². The third kappa shape index (κ3) is 2.19. The van der Waals surface area contributed by atoms with Crippen molar-refractivity contribution in [3.63, 3.8) is 0 Å². The summed E-state index contributed by atoms with van der Waals surface area (Å²) < 4.78 is 5.17. The van der Waals surface area contributed by atoms with Crippen molar-refractivity contribution in [2.24, 2.45) is 5.92 Å². The lowest BCUT2D eigenvalue weighted by Gasteiger charge is -2.30. The van der Waals surface area contributed by atoms with E-state index in [1.54, 1.807) is 0 Å². The fourth-order valence-electron chi connectivity index (χ4n) is 1.81. The van der Waals surface area contributed by atoms with Gasteiger partial charge in [0.25, 0.3) is 0 Å². The number of hydrogen-bond donors (Lipinski definition) is 1. The van der Waals surface area contributed by atoms with Crippen LogP contribution in [0.15, 0.2) is 0 Å². The summed E-state index contributed by atoms with van der Waals surface area (Å²) in [6.07, 6.45) is 2.84. The second kappa shape index (κ2) is 3.73. The highest BCUT2D eigenvalue weighted by molar-refractivity contribution is 4.78. The second-order valence-corrected chi connectivity index (χ2v) is 3.88. The number of likely N-dealkylation sites (tertiary alicyclic amines) is 1. The molecule has 0 amide bonds. The maximum Gasteiger partial charge on any atom is 0.0936 e. The zero-order valence-corrected chi connectivity index (χ0v) is 7.41. The maximum atomic E-state index is 8.93. The van der Waals surface area contributed by atoms with Crippen molar-refractivity contribution < 1.29 is 9.84 Å². The number of rotatable bonds is 3. The van der Waals surface area contributed by atoms with E-state index in [0.717, 1.165) is 39.1 Å². The molecule has 2 aliphatic heterocycles. The summed E-state index contributed by atoms with van der Waals surface area (Å²) in [5.74, 6) is 0.557. The van der Waals surface area contributed by atoms with Crippen molar-refractivity contribution in [3.8, 4) is 0 Å². The van der Waals surface area contributed by atoms with Crippen molar-refractivity contribution in [1.82, 2.24) is 4.90 Å². The molecule has 3 nitrogen and oxygen atoms in total. The first kappa shape index (κ1) is 8.48. The standard InChI is InChI=1S/C9H17NO2/c11-6-8-1-3-10(4-2-8)5-9-7-12-9/h8-9,11H,1-7H2/t9-/m1/s1. The van der Waals surface area contributed by atoms with E-state index in [4.69, 9.17) is 9.84 Å². The van der Waals surface area contributed by atoms with Crippen molar-refractivity contribution in [1.29, 1.82) is 0 Å². The van der Waals surface area contributed by atoms with Crippen LogP contribution in [0.3, 0.4) is 0 Å². The zero-order chi connectivity index (χ0) is 8.39. The number of hydrogen-bond acceptors (Lipinski definition) is 3. The SMILES string of the molecule is OCC1CCN(C[C@@H]2CO2)CC1. The van der Waals surface area contributed by atoms with Crippen molar-refractivity contribution in [2.45, 2.75) is 18.9 Å². The number of aliphatic hydroxyl groups excluding tert-OH is 1. The molecule has 0 unspecified atom stereocenters. The summed E-state index contributed by atoms with van der Waals surface area (Å²) in [4.78, 5) is 2.45. The van der Waals surface area contributed by atoms with E-state index in [2.05, 4.69) is 4.90 Å². The van der Waals surface area contributed by atoms with Gasteiger partial charge in [-0.2, -0.15) is 0 Å². The van der Waals surface area contributed by atoms with Gasteiger partial charge in [0, 0.05) is 13.2 Å². The Morgan fingerprint density at radius 1 is 1.33 bits per heavy atom. The van der Waals surface area contributed by atoms with Crippen molar-refractivity contribution >= 4 is 0 Å². The molecule has 1 atom stereocenters. The Kier molecular flexibility index (Phi) is 2.63. The Labute approximate surface area is 73.3 Å². The highest BCUT2D eigenvalue weighted by Crippen LogP contribution is 2.19. The van der Waals surface area contributed by atoms with Gasteiger partial charge in [0.2, 0.25) is 0 Å². The van der Waals surface area contributed by atoms with Gasteiger partial charge in [-0.3, -0.25) is 0 Å². The topological polar surface area (TPSA) is 36.0 Å². The molecule has 2 saturated heterocycles. The lowest BCUT2D eigenvalue weighted by molar-refractivity contribution is 0.125. The first-order chi connectivity index (χ1) is 5.88. The van der Waals surface area contributed by atoms with Crippen LogP contribution in [0.5, 0.6) is 0 Å². The van der Waals surface area contributed by atoms with Gasteiger partial charge in [-0.1, -0.05) is 0 Å². The fraction of sp³-hybridized carbons (Fsp3) is 1.00. The third-order valence-electron chi connectivity index (χ3n) is 2.83. The molecule has 0 radical (unpaired) electrons. The third-order valence-corrected chi connectivity index (χ3v) is 2.83. The van der Waals surface area contributed by atoms with Crippen LogP contribution < -0.4 is 0 Å². The van der Waals surface area contributed by atoms with Crippen LogP contribution in [0.4, 0.5) is 0 Å². The number of nitrogens with zero attached hydrogens (tertiary/aromatic N) is 1. The van der Waals surface area contributed by atoms with Crippen LogP contribution >= 0.6 is 0 Å². The maximum absolute atomic E-state index is 8.93. The fourth-order valence-corrected chi connectivity index (χ4v) is 1.81. The molecule has 0 aliphatic carbocycles. The van der Waals surface area contributed by atoms with E-state index in [9.17, 15) is 0 Å². The largest absolute Gasteiger partial charge is 0.396 e. The Hall–Kier alpha value is -0.120. The predicted molar refractivity (Wildman–Crippen MR) is 46.0 cm³/mol. The number of piperidine rings is 1. The lowest BCUT2D eigenvalue weighted by atomic mass is 9.98. The summed E-state index contributed by atoms with van der Waals surface area (Å²) in [5, 5.41) is 8.93. The first-order valence-corrected chi connectivity index (χ1v) is 4.83. The molecule has 70 valence electrons. The molecular formula is C9H17NO2. The highest BCUT2D eigenvalue weighted by atomic mass is 16.6. The Morgan fingerprint density at radius 3 is 2.50 bits per heavy atom. The van der Waals surface area contributed by atoms with E-state index < -0.39 is 0 Å². The van der Waals surface area contributed by atoms with Crippen molar-refractivity contribution in [3.05, 3.63) is 0 Å². The van der Waals surface area contributed by atoms with Crippen LogP contribution in [0, 0.1) is 5.92 Å². The van der Waals surface area contributed by atoms with Gasteiger partial charge in [0.05, 0.1) is 12.7 Å². The predicted octanol–water partition coefficient (Wildman–Crippen LogP) is 0.0895. The van der Waals surface area contributed by atoms with Crippen LogP contribution in [0.25, 0.3) is 0 Å². The van der Waals surface area contributed by atoms with E-state index in [0.29, 0.717) is 18.6 Å². The van der Waals surface area contributed by atoms with Crippen LogP contribution in [0.2, 0.25) is 0 Å². The molecule has 0 saturated carbocycles. The van der Waals surface area contributed by atoms with Gasteiger partial charge in [-0.15, -0.1) is 0 Å². The number of aliphatic hydroxyl groups is 1. The quantitative estimate of drug-likeness (QED) is 0.611. The molecule has 0 spiro atoms. The van der Waals surface area contributed by atoms with Gasteiger partial charge in [-0.25, -0.2) is 0 Å². The van der Waals surface area contributed by atoms with E-state index in [1.165, 1.54) is 0 Å². The molecule has 3 heteroatoms. The molecule has 0 aromatic heterocycles. The minimum atomic E-state index is 0.369. The Morgan fingerprint density at radius 2 is 2.00 bits per heavy atom. The summed E-state index contributed by atoms with van der Waals surface area (Å²) in [7, 11) is 0. The van der Waals surface area contributed by atoms with Crippen LogP contribution in [0.1, 0.15) is 12.8 Å². The van der Waals surface area contributed by atoms with Crippen molar-refractivity contribution in [2.75, 3.05) is 32.8 Å². The van der Waals surface area contributed by atoms with E-state index >= 15 is 0 Å². The number of ether oxygens (including phenoxy) is 1. The molecule has 1 N–H and O–H groups in total. The minimum Gasteiger partial charge on any atom is -0.396 e. The van der Waals surface area contributed by atoms with E-state index in [1.807, 2.05) is 0 Å². The van der Waals surface area contributed by atoms with Gasteiger partial charge in [0.1, 0.15) is 0 Å². The zero-order valence-electron chi connectivity index (χ0n) is 7.41. The monoisotopic (exact) mass is 171 g/mol. The molecule has 2 fully saturated rings. The summed E-state index contributed by atoms with van der Waals surface area (Å²) in [5.41, 5.74) is 0. The molecule has 2 rings (SSSR count). The van der Waals surface area contributed by atoms with Crippen LogP contribution in [-0.2, 0) is 4.74 Å². The smallest absolute Gasteiger partial charge is 0.0936 e. The first-order valence-electron chi connectivity index (χ1n) is 4.83. The molecule has 2 heterocycles. The molecule has 2 aliphatic rings. The van der Waals surface area contributed by atoms with Gasteiger partial charge < -0.3 is 14.7 Å². The van der Waals surface area contributed by atoms with Gasteiger partial charge >= 0.3 is 0 Å². The Bertz CT molecular complexity index is 139. The molecule has 0 bridgehead atoms. The van der Waals surface area contributed by atoms with Gasteiger partial charge in [0.15, 0.2) is 0 Å².